The highest BCUT2D eigenvalue weighted by Gasteiger charge is 2.04. The van der Waals surface area contributed by atoms with Gasteiger partial charge in [0, 0.05) is 24.2 Å². The molecule has 5 nitrogen and oxygen atoms in total. The van der Waals surface area contributed by atoms with Crippen molar-refractivity contribution in [2.45, 2.75) is 12.8 Å². The number of benzene rings is 1. The number of primary amides is 1. The number of hydrogen-bond acceptors (Lipinski definition) is 3. The molecule has 0 aliphatic rings. The molecule has 0 bridgehead atoms. The maximum absolute atomic E-state index is 11.3. The summed E-state index contributed by atoms with van der Waals surface area (Å²) < 4.78 is 0. The molecule has 0 saturated carbocycles. The van der Waals surface area contributed by atoms with Gasteiger partial charge >= 0.3 is 0 Å². The summed E-state index contributed by atoms with van der Waals surface area (Å²) in [6, 6.07) is 6.75. The Bertz CT molecular complexity index is 359. The lowest BCUT2D eigenvalue weighted by molar-refractivity contribution is -0.122. The van der Waals surface area contributed by atoms with Gasteiger partial charge in [0.1, 0.15) is 0 Å². The van der Waals surface area contributed by atoms with Crippen LogP contribution in [0.1, 0.15) is 12.8 Å². The summed E-state index contributed by atoms with van der Waals surface area (Å²) in [4.78, 5) is 21.7. The molecule has 1 aromatic carbocycles. The largest absolute Gasteiger partial charge is 0.399 e. The lowest BCUT2D eigenvalue weighted by atomic mass is 10.2. The van der Waals surface area contributed by atoms with Crippen LogP contribution in [-0.4, -0.2) is 11.8 Å². The fourth-order valence-electron chi connectivity index (χ4n) is 1.03. The van der Waals surface area contributed by atoms with E-state index in [1.807, 2.05) is 0 Å². The monoisotopic (exact) mass is 207 g/mol. The number of amides is 2. The van der Waals surface area contributed by atoms with E-state index in [4.69, 9.17) is 11.5 Å². The van der Waals surface area contributed by atoms with Crippen molar-refractivity contribution in [1.29, 1.82) is 0 Å². The third-order valence-electron chi connectivity index (χ3n) is 1.79. The zero-order valence-electron chi connectivity index (χ0n) is 8.19. The number of carbonyl (C=O) groups is 2. The van der Waals surface area contributed by atoms with Gasteiger partial charge in [-0.25, -0.2) is 0 Å². The molecular weight excluding hydrogens is 194 g/mol. The van der Waals surface area contributed by atoms with Gasteiger partial charge in [-0.15, -0.1) is 0 Å². The van der Waals surface area contributed by atoms with E-state index in [2.05, 4.69) is 5.32 Å². The van der Waals surface area contributed by atoms with Crippen molar-refractivity contribution in [1.82, 2.24) is 0 Å². The minimum Gasteiger partial charge on any atom is -0.399 e. The molecular formula is C10H13N3O2. The maximum Gasteiger partial charge on any atom is 0.224 e. The number of nitrogens with two attached hydrogens (primary N) is 2. The van der Waals surface area contributed by atoms with Crippen molar-refractivity contribution < 1.29 is 9.59 Å². The minimum absolute atomic E-state index is 0.0564. The number of hydrogen-bond donors (Lipinski definition) is 3. The van der Waals surface area contributed by atoms with Gasteiger partial charge in [0.05, 0.1) is 0 Å². The summed E-state index contributed by atoms with van der Waals surface area (Å²) in [5.74, 6) is -0.721. The Labute approximate surface area is 87.4 Å². The minimum atomic E-state index is -0.484. The highest BCUT2D eigenvalue weighted by Crippen LogP contribution is 2.10. The Morgan fingerprint density at radius 3 is 2.27 bits per heavy atom. The van der Waals surface area contributed by atoms with E-state index in [-0.39, 0.29) is 18.7 Å². The predicted octanol–water partition coefficient (Wildman–Crippen LogP) is 0.473. The molecule has 0 unspecified atom stereocenters. The maximum atomic E-state index is 11.3. The Morgan fingerprint density at radius 2 is 1.73 bits per heavy atom. The van der Waals surface area contributed by atoms with Gasteiger partial charge < -0.3 is 16.8 Å². The van der Waals surface area contributed by atoms with Gasteiger partial charge in [0.25, 0.3) is 0 Å². The molecule has 80 valence electrons. The fourth-order valence-corrected chi connectivity index (χ4v) is 1.03. The van der Waals surface area contributed by atoms with Crippen molar-refractivity contribution in [3.05, 3.63) is 24.3 Å². The Balaban J connectivity index is 2.44. The number of nitrogens with one attached hydrogen (secondary N) is 1. The number of nitrogen functional groups attached to an aromatic ring is 1. The van der Waals surface area contributed by atoms with Crippen LogP contribution in [0.5, 0.6) is 0 Å². The summed E-state index contributed by atoms with van der Waals surface area (Å²) >= 11 is 0. The topological polar surface area (TPSA) is 98.2 Å². The van der Waals surface area contributed by atoms with Gasteiger partial charge in [-0.3, -0.25) is 9.59 Å². The van der Waals surface area contributed by atoms with E-state index >= 15 is 0 Å². The van der Waals surface area contributed by atoms with E-state index in [9.17, 15) is 9.59 Å². The second-order valence-electron chi connectivity index (χ2n) is 3.14. The molecule has 0 saturated heterocycles. The van der Waals surface area contributed by atoms with Crippen molar-refractivity contribution in [2.24, 2.45) is 5.73 Å². The van der Waals surface area contributed by atoms with Gasteiger partial charge in [0.2, 0.25) is 11.8 Å². The average molecular weight is 207 g/mol. The fraction of sp³-hybridized carbons (Fsp3) is 0.200. The van der Waals surface area contributed by atoms with Gasteiger partial charge in [-0.2, -0.15) is 0 Å². The van der Waals surface area contributed by atoms with E-state index in [0.29, 0.717) is 11.4 Å². The van der Waals surface area contributed by atoms with Gasteiger partial charge in [0.15, 0.2) is 0 Å². The highest BCUT2D eigenvalue weighted by molar-refractivity contribution is 5.93. The first-order chi connectivity index (χ1) is 7.08. The Morgan fingerprint density at radius 1 is 1.13 bits per heavy atom. The number of anilines is 2. The molecule has 1 aromatic rings. The van der Waals surface area contributed by atoms with E-state index in [0.717, 1.165) is 0 Å². The smallest absolute Gasteiger partial charge is 0.224 e. The first kappa shape index (κ1) is 11.0. The summed E-state index contributed by atoms with van der Waals surface area (Å²) in [6.45, 7) is 0. The Hall–Kier alpha value is -2.04. The molecule has 2 amide bonds. The van der Waals surface area contributed by atoms with Crippen LogP contribution >= 0.6 is 0 Å². The summed E-state index contributed by atoms with van der Waals surface area (Å²) in [6.07, 6.45) is 0.153. The van der Waals surface area contributed by atoms with Crippen LogP contribution in [0.2, 0.25) is 0 Å². The standard InChI is InChI=1S/C10H13N3O2/c11-7-1-3-8(4-2-7)13-10(15)6-5-9(12)14/h1-4H,5-6,11H2,(H2,12,14)(H,13,15). The van der Waals surface area contributed by atoms with Crippen molar-refractivity contribution >= 4 is 23.2 Å². The van der Waals surface area contributed by atoms with Crippen LogP contribution in [0, 0.1) is 0 Å². The molecule has 0 aromatic heterocycles. The van der Waals surface area contributed by atoms with Crippen LogP contribution < -0.4 is 16.8 Å². The molecule has 1 rings (SSSR count). The van der Waals surface area contributed by atoms with Crippen LogP contribution in [-0.2, 0) is 9.59 Å². The normalized spacial score (nSPS) is 9.60. The summed E-state index contributed by atoms with van der Waals surface area (Å²) in [5, 5.41) is 2.62. The van der Waals surface area contributed by atoms with Gasteiger partial charge in [-0.1, -0.05) is 0 Å². The lowest BCUT2D eigenvalue weighted by Gasteiger charge is -2.04. The van der Waals surface area contributed by atoms with Crippen LogP contribution in [0.25, 0.3) is 0 Å². The Kier molecular flexibility index (Phi) is 3.68. The first-order valence-corrected chi connectivity index (χ1v) is 4.51. The molecule has 0 atom stereocenters. The molecule has 0 radical (unpaired) electrons. The molecule has 0 aliphatic heterocycles. The average Bonchev–Trinajstić information content (AvgIpc) is 2.19. The van der Waals surface area contributed by atoms with E-state index in [1.54, 1.807) is 24.3 Å². The molecule has 0 aliphatic carbocycles. The molecule has 5 heteroatoms. The first-order valence-electron chi connectivity index (χ1n) is 4.51. The van der Waals surface area contributed by atoms with Gasteiger partial charge in [-0.05, 0) is 24.3 Å². The SMILES string of the molecule is NC(=O)CCC(=O)Nc1ccc(N)cc1. The van der Waals surface area contributed by atoms with E-state index in [1.165, 1.54) is 0 Å². The van der Waals surface area contributed by atoms with Crippen molar-refractivity contribution in [3.8, 4) is 0 Å². The highest BCUT2D eigenvalue weighted by atomic mass is 16.2. The third kappa shape index (κ3) is 4.12. The lowest BCUT2D eigenvalue weighted by Crippen LogP contribution is -2.17. The summed E-state index contributed by atoms with van der Waals surface area (Å²) in [5.41, 5.74) is 11.7. The van der Waals surface area contributed by atoms with Crippen LogP contribution in [0.4, 0.5) is 11.4 Å². The molecule has 15 heavy (non-hydrogen) atoms. The second kappa shape index (κ2) is 4.99. The quantitative estimate of drug-likeness (QED) is 0.626. The van der Waals surface area contributed by atoms with Crippen molar-refractivity contribution in [3.63, 3.8) is 0 Å². The van der Waals surface area contributed by atoms with E-state index < -0.39 is 5.91 Å². The number of rotatable bonds is 4. The molecule has 0 spiro atoms. The third-order valence-corrected chi connectivity index (χ3v) is 1.79. The van der Waals surface area contributed by atoms with Crippen molar-refractivity contribution in [2.75, 3.05) is 11.1 Å². The molecule has 5 N–H and O–H groups in total. The second-order valence-corrected chi connectivity index (χ2v) is 3.14. The predicted molar refractivity (Wildman–Crippen MR) is 57.9 cm³/mol. The summed E-state index contributed by atoms with van der Waals surface area (Å²) in [7, 11) is 0. The van der Waals surface area contributed by atoms with Crippen LogP contribution in [0.15, 0.2) is 24.3 Å². The number of carbonyl (C=O) groups excluding carboxylic acids is 2. The zero-order chi connectivity index (χ0) is 11.3. The zero-order valence-corrected chi connectivity index (χ0v) is 8.19. The molecule has 0 fully saturated rings. The molecule has 0 heterocycles. The van der Waals surface area contributed by atoms with Crippen LogP contribution in [0.3, 0.4) is 0 Å².